The smallest absolute Gasteiger partial charge is 0.464 e. The number of sulfonamides is 1. The first-order valence-corrected chi connectivity index (χ1v) is 48.3. The molecule has 6 aromatic carbocycles. The third-order valence-corrected chi connectivity index (χ3v) is 24.9. The van der Waals surface area contributed by atoms with Crippen LogP contribution in [0.25, 0.3) is 65.4 Å². The van der Waals surface area contributed by atoms with Gasteiger partial charge in [0.05, 0.1) is 56.0 Å². The van der Waals surface area contributed by atoms with E-state index in [1.54, 1.807) is 58.7 Å². The molecular weight excluding hydrogens is 1970 g/mol. The number of hydrazone groups is 3. The highest BCUT2D eigenvalue weighted by Crippen LogP contribution is 2.32. The van der Waals surface area contributed by atoms with E-state index in [4.69, 9.17) is 19.2 Å². The second kappa shape index (κ2) is 48.2. The van der Waals surface area contributed by atoms with E-state index in [-0.39, 0.29) is 40.1 Å². The van der Waals surface area contributed by atoms with Crippen LogP contribution in [0.5, 0.6) is 0 Å². The van der Waals surface area contributed by atoms with Crippen molar-refractivity contribution in [3.63, 3.8) is 0 Å². The molecule has 0 fully saturated rings. The molecule has 42 nitrogen and oxygen atoms in total. The zero-order valence-corrected chi connectivity index (χ0v) is 82.3. The number of benzene rings is 6. The normalized spacial score (nSPS) is 11.7. The van der Waals surface area contributed by atoms with Gasteiger partial charge in [-0.3, -0.25) is 9.63 Å². The maximum atomic E-state index is 11.6. The van der Waals surface area contributed by atoms with Gasteiger partial charge in [-0.15, -0.1) is 68.0 Å². The second-order valence-corrected chi connectivity index (χ2v) is 35.3. The predicted octanol–water partition coefficient (Wildman–Crippen LogP) is 14.9. The molecule has 18 rings (SSSR count). The summed E-state index contributed by atoms with van der Waals surface area (Å²) in [5.74, 6) is -3.96. The van der Waals surface area contributed by atoms with Crippen LogP contribution in [0.2, 0.25) is 0 Å². The van der Waals surface area contributed by atoms with Crippen LogP contribution in [0, 0.1) is 0 Å². The molecule has 9 N–H and O–H groups in total. The molecule has 0 radical (unpaired) electrons. The maximum absolute atomic E-state index is 11.6. The highest BCUT2D eigenvalue weighted by Gasteiger charge is 2.28. The summed E-state index contributed by atoms with van der Waals surface area (Å²) in [7, 11) is 8.62. The maximum Gasteiger partial charge on any atom is 0.534 e. The minimum absolute atomic E-state index is 0.134. The fraction of sp³-hybridized carbons (Fsp3) is 0.129. The van der Waals surface area contributed by atoms with Crippen molar-refractivity contribution in [3.05, 3.63) is 313 Å². The predicted molar refractivity (Wildman–Crippen MR) is 537 cm³/mol. The molecule has 0 atom stereocenters. The molecule has 0 aliphatic heterocycles. The van der Waals surface area contributed by atoms with Crippen molar-refractivity contribution in [1.82, 2.24) is 75.5 Å². The van der Waals surface area contributed by atoms with Crippen LogP contribution < -0.4 is 15.7 Å². The number of para-hydroxylation sites is 6. The van der Waals surface area contributed by atoms with Gasteiger partial charge in [0.2, 0.25) is 15.9 Å². The fourth-order valence-corrected chi connectivity index (χ4v) is 18.0. The van der Waals surface area contributed by atoms with E-state index in [0.717, 1.165) is 93.9 Å². The Balaban J connectivity index is 0.000000143. The van der Waals surface area contributed by atoms with Crippen LogP contribution in [-0.4, -0.2) is 227 Å². The number of nitrogens with one attached hydrogen (secondary N) is 9. The van der Waals surface area contributed by atoms with Crippen LogP contribution in [0.15, 0.2) is 246 Å². The van der Waals surface area contributed by atoms with Crippen molar-refractivity contribution in [2.45, 2.75) is 13.8 Å². The number of H-pyrrole nitrogens is 6. The number of amides is 1. The van der Waals surface area contributed by atoms with Gasteiger partial charge in [0.25, 0.3) is 0 Å². The molecule has 0 aliphatic rings. The van der Waals surface area contributed by atoms with Crippen LogP contribution in [-0.2, 0) is 67.3 Å². The topological polar surface area (TPSA) is 562 Å². The average molecular weight is 2050 g/mol. The highest BCUT2D eigenvalue weighted by molar-refractivity contribution is 7.88. The van der Waals surface area contributed by atoms with Crippen LogP contribution in [0.3, 0.4) is 0 Å². The van der Waals surface area contributed by atoms with Gasteiger partial charge in [-0.05, 0) is 36.4 Å². The molecule has 0 saturated heterocycles. The first-order valence-electron chi connectivity index (χ1n) is 41.2. The number of aromatic amines is 6. The minimum Gasteiger partial charge on any atom is -0.464 e. The SMILES string of the molecule is CN/N=C(\c1nc(C(=O)OC)cs1)c1c[nH]c2ccccc12.CO/N=C(\c1nc(C(=O)OC)cs1)c1c[nH]c2ccccc12.COC(=O)O/N=C(\c1nc(C(=O)OC)cs1)c1c[nH]c2ccccc12.COC(=O)c1csc(/C(=N\NC(C)=O)c2c[nH]c3ccccc23)n1.COC(=O)c1csc(/C(=N\NS(C)(=O)=O)c2c[nH]c3ccccc23)n1.COC(=O)c1csc(/C(=N\OC(C)=O)c2c[nH]c3ccccc23)n1. The van der Waals surface area contributed by atoms with E-state index < -0.39 is 58.0 Å². The van der Waals surface area contributed by atoms with Gasteiger partial charge in [-0.2, -0.15) is 15.3 Å². The number of methoxy groups -OCH3 is 7. The Labute approximate surface area is 828 Å². The van der Waals surface area contributed by atoms with E-state index in [9.17, 15) is 51.6 Å². The first kappa shape index (κ1) is 102. The molecule has 18 aromatic rings. The second-order valence-electron chi connectivity index (χ2n) is 28.4. The Morgan fingerprint density at radius 1 is 0.310 bits per heavy atom. The van der Waals surface area contributed by atoms with Crippen molar-refractivity contribution in [1.29, 1.82) is 0 Å². The summed E-state index contributed by atoms with van der Waals surface area (Å²) in [5, 5.41) is 42.5. The fourth-order valence-electron chi connectivity index (χ4n) is 13.1. The van der Waals surface area contributed by atoms with Gasteiger partial charge in [-0.25, -0.2) is 86.9 Å². The largest absolute Gasteiger partial charge is 0.534 e. The lowest BCUT2D eigenvalue weighted by Gasteiger charge is -2.03. The van der Waals surface area contributed by atoms with E-state index >= 15 is 0 Å². The number of thiazole rings is 6. The Morgan fingerprint density at radius 3 is 0.775 bits per heavy atom. The number of nitrogens with zero attached hydrogens (tertiary/aromatic N) is 12. The molecule has 726 valence electrons. The van der Waals surface area contributed by atoms with Gasteiger partial charge in [-0.1, -0.05) is 125 Å². The number of hydrogen-bond acceptors (Lipinski definition) is 40. The number of ether oxygens (including phenoxy) is 7. The van der Waals surface area contributed by atoms with Crippen molar-refractivity contribution < 1.29 is 99.2 Å². The molecular formula is C93H81N21O21S7. The number of rotatable bonds is 25. The molecule has 0 spiro atoms. The minimum atomic E-state index is -3.55. The number of carbonyl (C=O) groups is 9. The molecule has 0 aliphatic carbocycles. The number of esters is 6. The number of carbonyl (C=O) groups excluding carboxylic acids is 9. The average Bonchev–Trinajstić information content (AvgIpc) is 1.65. The monoisotopic (exact) mass is 2050 g/mol. The van der Waals surface area contributed by atoms with Gasteiger partial charge >= 0.3 is 47.9 Å². The van der Waals surface area contributed by atoms with E-state index in [1.165, 1.54) is 144 Å². The van der Waals surface area contributed by atoms with Gasteiger partial charge < -0.3 is 78.2 Å². The van der Waals surface area contributed by atoms with Crippen LogP contribution >= 0.6 is 68.0 Å². The van der Waals surface area contributed by atoms with Crippen molar-refractivity contribution in [2.75, 3.05) is 70.2 Å². The van der Waals surface area contributed by atoms with E-state index in [1.807, 2.05) is 158 Å². The summed E-state index contributed by atoms with van der Waals surface area (Å²) in [6.45, 7) is 2.64. The Morgan fingerprint density at radius 2 is 0.542 bits per heavy atom. The van der Waals surface area contributed by atoms with Crippen molar-refractivity contribution >= 4 is 232 Å². The zero-order valence-electron chi connectivity index (χ0n) is 76.6. The van der Waals surface area contributed by atoms with Crippen molar-refractivity contribution in [3.8, 4) is 0 Å². The summed E-state index contributed by atoms with van der Waals surface area (Å²) in [5.41, 5.74) is 19.4. The lowest BCUT2D eigenvalue weighted by atomic mass is 10.1. The Kier molecular flexibility index (Phi) is 34.6. The summed E-state index contributed by atoms with van der Waals surface area (Å²) in [4.78, 5) is 164. The lowest BCUT2D eigenvalue weighted by Crippen LogP contribution is -2.19. The van der Waals surface area contributed by atoms with Gasteiger partial charge in [0, 0.05) is 189 Å². The molecule has 0 unspecified atom stereocenters. The van der Waals surface area contributed by atoms with E-state index in [0.29, 0.717) is 75.4 Å². The summed E-state index contributed by atoms with van der Waals surface area (Å²) in [6.07, 6.45) is 10.8. The molecule has 49 heteroatoms. The molecule has 1 amide bonds. The quantitative estimate of drug-likeness (QED) is 0.00843. The standard InChI is InChI=1S/C16H14N4O3S.C16H13N3O5S.C16H13N3O4S.C15H14N4O4S2.C15H14N4O2S.C15H13N3O3S/c1-9(21)19-20-14(15-18-13(8-24-15)16(22)23-2)11-7-17-12-6-4-3-5-10(11)12;1-22-15(20)12-8-25-14(18-12)13(19-24-16(21)23-2)10-7-17-11-6-4-3-5-9(10)11;1-9(20)23-19-14(15-18-13(8-24-15)16(21)22-2)11-7-17-12-6-4-3-5-10(11)12;1-23-15(20)12-8-24-14(17-12)13(18-19-25(2,21)22)10-7-16-11-6-4-3-5-9(10)11;1-16-19-13(14-18-12(8-22-14)15(20)21-2)10-7-17-11-6-4-3-5-9(10)11;1-20-15(19)12-8-22-14(17-12)13(18-21-2)10-7-16-11-6-4-3-5-9(10)11/h3-8,17H,1-2H3,(H,19,21);3-8,17H,1-2H3;3-8,17H,1-2H3;3-8,16,19H,1-2H3;3-8,16-17H,1-2H3;3-8,16H,1-2H3/b20-14-;19-13-;19-14-;18-13-;19-13-;18-13-. The van der Waals surface area contributed by atoms with Gasteiger partial charge in [0.15, 0.2) is 34.2 Å². The molecule has 142 heavy (non-hydrogen) atoms. The number of oxime groups is 3. The third kappa shape index (κ3) is 25.0. The molecule has 0 saturated carbocycles. The van der Waals surface area contributed by atoms with Gasteiger partial charge in [0.1, 0.15) is 71.4 Å². The third-order valence-electron chi connectivity index (χ3n) is 19.4. The highest BCUT2D eigenvalue weighted by atomic mass is 32.2. The lowest BCUT2D eigenvalue weighted by molar-refractivity contribution is -0.141. The molecule has 12 aromatic heterocycles. The van der Waals surface area contributed by atoms with E-state index in [2.05, 4.69) is 135 Å². The zero-order chi connectivity index (χ0) is 101. The number of fused-ring (bicyclic) bond motifs is 6. The van der Waals surface area contributed by atoms with Crippen LogP contribution in [0.4, 0.5) is 4.79 Å². The summed E-state index contributed by atoms with van der Waals surface area (Å²) < 4.78 is 55.3. The summed E-state index contributed by atoms with van der Waals surface area (Å²) >= 11 is 7.47. The number of hydrogen-bond donors (Lipinski definition) is 9. The molecule has 12 heterocycles. The van der Waals surface area contributed by atoms with Crippen LogP contribution in [0.1, 0.15) is 140 Å². The molecule has 0 bridgehead atoms. The summed E-state index contributed by atoms with van der Waals surface area (Å²) in [6, 6.07) is 46.3. The van der Waals surface area contributed by atoms with Crippen molar-refractivity contribution in [2.24, 2.45) is 30.8 Å². The Hall–Kier alpha value is -17.3. The first-order chi connectivity index (χ1) is 68.7. The Bertz CT molecular complexity index is 7690. The number of aromatic nitrogens is 12.